The fourth-order valence-electron chi connectivity index (χ4n) is 2.98. The highest BCUT2D eigenvalue weighted by Crippen LogP contribution is 2.15. The Morgan fingerprint density at radius 3 is 2.79 bits per heavy atom. The van der Waals surface area contributed by atoms with Crippen LogP contribution < -0.4 is 16.8 Å². The van der Waals surface area contributed by atoms with Crippen LogP contribution in [0.25, 0.3) is 10.9 Å². The predicted octanol–water partition coefficient (Wildman–Crippen LogP) is 1.32. The normalized spacial score (nSPS) is 15.3. The van der Waals surface area contributed by atoms with Gasteiger partial charge in [-0.25, -0.2) is 9.97 Å². The van der Waals surface area contributed by atoms with E-state index < -0.39 is 0 Å². The number of nitrogen functional groups attached to an aromatic ring is 2. The lowest BCUT2D eigenvalue weighted by Crippen LogP contribution is -2.25. The molecule has 2 aromatic heterocycles. The molecule has 1 atom stereocenters. The van der Waals surface area contributed by atoms with Crippen molar-refractivity contribution >= 4 is 28.3 Å². The van der Waals surface area contributed by atoms with Crippen LogP contribution >= 0.6 is 0 Å². The monoisotopic (exact) mass is 392 g/mol. The SMILES string of the molecule is COCC1CCCN1.N=C(C#Cc1ccc2cn[nH]c2c1)c1c(N)ncnc1N. The molecule has 150 valence electrons. The van der Waals surface area contributed by atoms with Crippen LogP contribution in [0, 0.1) is 17.3 Å². The van der Waals surface area contributed by atoms with E-state index in [1.54, 1.807) is 13.3 Å². The molecule has 1 aromatic carbocycles. The van der Waals surface area contributed by atoms with Gasteiger partial charge in [-0.3, -0.25) is 10.5 Å². The summed E-state index contributed by atoms with van der Waals surface area (Å²) in [6.45, 7) is 2.05. The van der Waals surface area contributed by atoms with Gasteiger partial charge in [0.1, 0.15) is 23.7 Å². The number of fused-ring (bicyclic) bond motifs is 1. The quantitative estimate of drug-likeness (QED) is 0.333. The summed E-state index contributed by atoms with van der Waals surface area (Å²) in [5.41, 5.74) is 13.3. The molecular formula is C20H24N8O. The van der Waals surface area contributed by atoms with Gasteiger partial charge >= 0.3 is 0 Å². The Morgan fingerprint density at radius 2 is 2.10 bits per heavy atom. The first-order chi connectivity index (χ1) is 14.1. The molecule has 7 N–H and O–H groups in total. The van der Waals surface area contributed by atoms with E-state index in [4.69, 9.17) is 21.6 Å². The van der Waals surface area contributed by atoms with Crippen LogP contribution in [0.1, 0.15) is 24.0 Å². The van der Waals surface area contributed by atoms with E-state index in [-0.39, 0.29) is 22.9 Å². The number of ether oxygens (including phenoxy) is 1. The molecule has 1 fully saturated rings. The standard InChI is InChI=1S/C14H11N7.C6H13NO/c15-10(12-13(16)18-7-19-14(12)17)4-2-8-1-3-9-6-20-21-11(9)5-8;1-8-5-6-3-2-4-7-6/h1,3,5-7,15H,(H,20,21)(H4,16,17,18,19);6-7H,2-5H2,1H3. The topological polar surface area (TPSA) is 152 Å². The zero-order chi connectivity index (χ0) is 20.6. The first-order valence-corrected chi connectivity index (χ1v) is 9.21. The van der Waals surface area contributed by atoms with Crippen LogP contribution in [0.2, 0.25) is 0 Å². The molecule has 0 bridgehead atoms. The Balaban J connectivity index is 0.000000252. The second-order valence-electron chi connectivity index (χ2n) is 6.56. The molecular weight excluding hydrogens is 368 g/mol. The van der Waals surface area contributed by atoms with E-state index in [9.17, 15) is 0 Å². The molecule has 0 aliphatic carbocycles. The lowest BCUT2D eigenvalue weighted by molar-refractivity contribution is 0.173. The van der Waals surface area contributed by atoms with E-state index in [2.05, 4.69) is 37.3 Å². The van der Waals surface area contributed by atoms with Crippen molar-refractivity contribution in [3.63, 3.8) is 0 Å². The second-order valence-corrected chi connectivity index (χ2v) is 6.56. The lowest BCUT2D eigenvalue weighted by atomic mass is 10.1. The van der Waals surface area contributed by atoms with Crippen molar-refractivity contribution in [2.24, 2.45) is 0 Å². The smallest absolute Gasteiger partial charge is 0.139 e. The van der Waals surface area contributed by atoms with E-state index in [0.29, 0.717) is 6.04 Å². The lowest BCUT2D eigenvalue weighted by Gasteiger charge is -2.05. The van der Waals surface area contributed by atoms with Crippen LogP contribution in [-0.4, -0.2) is 52.2 Å². The summed E-state index contributed by atoms with van der Waals surface area (Å²) in [5, 5.41) is 19.1. The maximum absolute atomic E-state index is 7.96. The molecule has 1 aliphatic rings. The minimum absolute atomic E-state index is 0.0182. The Labute approximate surface area is 168 Å². The minimum Gasteiger partial charge on any atom is -0.383 e. The summed E-state index contributed by atoms with van der Waals surface area (Å²) < 4.78 is 4.96. The Hall–Kier alpha value is -3.48. The first-order valence-electron chi connectivity index (χ1n) is 9.21. The molecule has 0 saturated carbocycles. The van der Waals surface area contributed by atoms with Crippen molar-refractivity contribution in [2.75, 3.05) is 31.7 Å². The molecule has 3 aromatic rings. The summed E-state index contributed by atoms with van der Waals surface area (Å²) in [4.78, 5) is 7.63. The highest BCUT2D eigenvalue weighted by Gasteiger charge is 2.12. The van der Waals surface area contributed by atoms with Crippen molar-refractivity contribution in [3.05, 3.63) is 41.9 Å². The Bertz CT molecular complexity index is 1020. The number of nitrogens with two attached hydrogens (primary N) is 2. The number of anilines is 2. The Morgan fingerprint density at radius 1 is 1.31 bits per heavy atom. The molecule has 0 amide bonds. The van der Waals surface area contributed by atoms with Crippen LogP contribution in [0.3, 0.4) is 0 Å². The van der Waals surface area contributed by atoms with Crippen LogP contribution in [0.5, 0.6) is 0 Å². The van der Waals surface area contributed by atoms with Crippen LogP contribution in [0.15, 0.2) is 30.7 Å². The molecule has 3 heterocycles. The fraction of sp³-hybridized carbons (Fsp3) is 0.300. The summed E-state index contributed by atoms with van der Waals surface area (Å²) in [6, 6.07) is 6.25. The third kappa shape index (κ3) is 5.28. The maximum atomic E-state index is 7.96. The van der Waals surface area contributed by atoms with Gasteiger partial charge in [0, 0.05) is 24.1 Å². The molecule has 4 rings (SSSR count). The number of nitrogens with zero attached hydrogens (tertiary/aromatic N) is 3. The zero-order valence-electron chi connectivity index (χ0n) is 16.2. The van der Waals surface area contributed by atoms with E-state index in [1.165, 1.54) is 25.7 Å². The molecule has 0 radical (unpaired) electrons. The van der Waals surface area contributed by atoms with Crippen molar-refractivity contribution in [1.82, 2.24) is 25.5 Å². The number of nitrogens with one attached hydrogen (secondary N) is 3. The molecule has 1 aliphatic heterocycles. The van der Waals surface area contributed by atoms with E-state index >= 15 is 0 Å². The number of benzene rings is 1. The van der Waals surface area contributed by atoms with Crippen LogP contribution in [0.4, 0.5) is 11.6 Å². The average molecular weight is 392 g/mol. The number of H-pyrrole nitrogens is 1. The fourth-order valence-corrected chi connectivity index (χ4v) is 2.98. The Kier molecular flexibility index (Phi) is 6.73. The highest BCUT2D eigenvalue weighted by molar-refractivity contribution is 6.16. The van der Waals surface area contributed by atoms with Gasteiger partial charge in [0.25, 0.3) is 0 Å². The molecule has 9 heteroatoms. The second kappa shape index (κ2) is 9.64. The van der Waals surface area contributed by atoms with Gasteiger partial charge in [-0.05, 0) is 43.5 Å². The average Bonchev–Trinajstić information content (AvgIpc) is 3.38. The predicted molar refractivity (Wildman–Crippen MR) is 114 cm³/mol. The van der Waals surface area contributed by atoms with Gasteiger partial charge < -0.3 is 21.5 Å². The molecule has 1 unspecified atom stereocenters. The molecule has 0 spiro atoms. The number of hydrogen-bond donors (Lipinski definition) is 5. The third-order valence-corrected chi connectivity index (χ3v) is 4.46. The number of hydrogen-bond acceptors (Lipinski definition) is 8. The first kappa shape index (κ1) is 20.3. The third-order valence-electron chi connectivity index (χ3n) is 4.46. The van der Waals surface area contributed by atoms with Gasteiger partial charge in [-0.2, -0.15) is 5.10 Å². The van der Waals surface area contributed by atoms with Crippen molar-refractivity contribution in [1.29, 1.82) is 5.41 Å². The van der Waals surface area contributed by atoms with E-state index in [0.717, 1.165) is 23.1 Å². The zero-order valence-corrected chi connectivity index (χ0v) is 16.2. The molecule has 9 nitrogen and oxygen atoms in total. The number of aromatic amines is 1. The summed E-state index contributed by atoms with van der Waals surface area (Å²) in [5.74, 6) is 5.89. The highest BCUT2D eigenvalue weighted by atomic mass is 16.5. The number of methoxy groups -OCH3 is 1. The van der Waals surface area contributed by atoms with Gasteiger partial charge in [0.2, 0.25) is 0 Å². The maximum Gasteiger partial charge on any atom is 0.139 e. The van der Waals surface area contributed by atoms with Gasteiger partial charge in [0.15, 0.2) is 0 Å². The van der Waals surface area contributed by atoms with Gasteiger partial charge in [-0.1, -0.05) is 5.92 Å². The molecule has 29 heavy (non-hydrogen) atoms. The largest absolute Gasteiger partial charge is 0.383 e. The van der Waals surface area contributed by atoms with Gasteiger partial charge in [-0.15, -0.1) is 0 Å². The minimum atomic E-state index is -0.0182. The molecule has 1 saturated heterocycles. The van der Waals surface area contributed by atoms with Crippen molar-refractivity contribution in [2.45, 2.75) is 18.9 Å². The van der Waals surface area contributed by atoms with Crippen molar-refractivity contribution in [3.8, 4) is 11.8 Å². The number of rotatable bonds is 3. The van der Waals surface area contributed by atoms with Crippen molar-refractivity contribution < 1.29 is 4.74 Å². The number of aromatic nitrogens is 4. The van der Waals surface area contributed by atoms with Crippen LogP contribution in [-0.2, 0) is 4.74 Å². The summed E-state index contributed by atoms with van der Waals surface area (Å²) in [7, 11) is 1.75. The van der Waals surface area contributed by atoms with Gasteiger partial charge in [0.05, 0.1) is 23.9 Å². The summed E-state index contributed by atoms with van der Waals surface area (Å²) in [6.07, 6.45) is 5.58. The summed E-state index contributed by atoms with van der Waals surface area (Å²) >= 11 is 0. The van der Waals surface area contributed by atoms with E-state index in [1.807, 2.05) is 18.2 Å².